The average Bonchev–Trinajstić information content (AvgIpc) is 2.41. The van der Waals surface area contributed by atoms with Gasteiger partial charge in [0.2, 0.25) is 0 Å². The van der Waals surface area contributed by atoms with Gasteiger partial charge in [0.05, 0.1) is 0 Å². The third-order valence-corrected chi connectivity index (χ3v) is 5.73. The Bertz CT molecular complexity index is 226. The molecule has 2 fully saturated rings. The first-order valence-electron chi connectivity index (χ1n) is 7.90. The monoisotopic (exact) mass is 234 g/mol. The highest BCUT2D eigenvalue weighted by Crippen LogP contribution is 2.48. The molecule has 0 heteroatoms. The molecule has 0 heterocycles. The lowest BCUT2D eigenvalue weighted by atomic mass is 9.63. The highest BCUT2D eigenvalue weighted by Gasteiger charge is 2.35. The molecule has 0 aromatic rings. The standard InChI is InChI=1S/C17H30/c1-3-12-17(4-2)13-10-16(11-14-17)15-8-6-5-7-9-15/h3,15-16H,1,4-14H2,2H3. The molecular formula is C17H30. The molecule has 0 bridgehead atoms. The molecule has 0 N–H and O–H groups in total. The Kier molecular flexibility index (Phi) is 4.70. The van der Waals surface area contributed by atoms with Gasteiger partial charge >= 0.3 is 0 Å². The number of hydrogen-bond donors (Lipinski definition) is 0. The predicted octanol–water partition coefficient (Wildman–Crippen LogP) is 5.73. The van der Waals surface area contributed by atoms with Gasteiger partial charge in [0.25, 0.3) is 0 Å². The van der Waals surface area contributed by atoms with Crippen molar-refractivity contribution in [2.45, 2.75) is 77.6 Å². The Balaban J connectivity index is 1.85. The van der Waals surface area contributed by atoms with Gasteiger partial charge in [0.1, 0.15) is 0 Å². The second kappa shape index (κ2) is 6.07. The smallest absolute Gasteiger partial charge is 0.0265 e. The van der Waals surface area contributed by atoms with E-state index < -0.39 is 0 Å². The maximum Gasteiger partial charge on any atom is -0.0265 e. The molecule has 2 rings (SSSR count). The zero-order valence-electron chi connectivity index (χ0n) is 11.7. The van der Waals surface area contributed by atoms with Crippen LogP contribution in [0.4, 0.5) is 0 Å². The first-order chi connectivity index (χ1) is 8.29. The number of hydrogen-bond acceptors (Lipinski definition) is 0. The molecule has 0 nitrogen and oxygen atoms in total. The first kappa shape index (κ1) is 13.2. The van der Waals surface area contributed by atoms with E-state index in [4.69, 9.17) is 0 Å². The highest BCUT2D eigenvalue weighted by molar-refractivity contribution is 4.91. The molecule has 0 radical (unpaired) electrons. The van der Waals surface area contributed by atoms with Crippen LogP contribution in [0, 0.1) is 17.3 Å². The fourth-order valence-corrected chi connectivity index (χ4v) is 4.34. The van der Waals surface area contributed by atoms with Crippen molar-refractivity contribution in [3.8, 4) is 0 Å². The van der Waals surface area contributed by atoms with E-state index in [2.05, 4.69) is 19.6 Å². The summed E-state index contributed by atoms with van der Waals surface area (Å²) in [6, 6.07) is 0. The summed E-state index contributed by atoms with van der Waals surface area (Å²) >= 11 is 0. The minimum Gasteiger partial charge on any atom is -0.103 e. The summed E-state index contributed by atoms with van der Waals surface area (Å²) in [6.45, 7) is 6.34. The summed E-state index contributed by atoms with van der Waals surface area (Å²) in [5.74, 6) is 2.15. The van der Waals surface area contributed by atoms with Crippen LogP contribution in [0.3, 0.4) is 0 Å². The van der Waals surface area contributed by atoms with Crippen molar-refractivity contribution < 1.29 is 0 Å². The third-order valence-electron chi connectivity index (χ3n) is 5.73. The maximum absolute atomic E-state index is 3.96. The molecule has 98 valence electrons. The van der Waals surface area contributed by atoms with Gasteiger partial charge in [-0.25, -0.2) is 0 Å². The van der Waals surface area contributed by atoms with Crippen LogP contribution in [0.15, 0.2) is 12.7 Å². The minimum absolute atomic E-state index is 0.632. The second-order valence-electron chi connectivity index (χ2n) is 6.58. The third kappa shape index (κ3) is 3.14. The lowest BCUT2D eigenvalue weighted by molar-refractivity contribution is 0.0995. The fraction of sp³-hybridized carbons (Fsp3) is 0.882. The van der Waals surface area contributed by atoms with Gasteiger partial charge in [-0.05, 0) is 49.4 Å². The van der Waals surface area contributed by atoms with E-state index in [0.717, 1.165) is 11.8 Å². The summed E-state index contributed by atoms with van der Waals surface area (Å²) in [7, 11) is 0. The van der Waals surface area contributed by atoms with Crippen LogP contribution in [0.5, 0.6) is 0 Å². The van der Waals surface area contributed by atoms with Crippen molar-refractivity contribution in [3.63, 3.8) is 0 Å². The van der Waals surface area contributed by atoms with E-state index in [1.165, 1.54) is 70.6 Å². The van der Waals surface area contributed by atoms with E-state index in [9.17, 15) is 0 Å². The normalized spacial score (nSPS) is 35.7. The summed E-state index contributed by atoms with van der Waals surface area (Å²) in [5, 5.41) is 0. The fourth-order valence-electron chi connectivity index (χ4n) is 4.34. The Labute approximate surface area is 108 Å². The molecule has 0 unspecified atom stereocenters. The van der Waals surface area contributed by atoms with Crippen LogP contribution in [0.2, 0.25) is 0 Å². The number of allylic oxidation sites excluding steroid dienone is 1. The molecule has 0 saturated heterocycles. The van der Waals surface area contributed by atoms with Gasteiger partial charge < -0.3 is 0 Å². The SMILES string of the molecule is C=CCC1(CC)CCC(C2CCCCC2)CC1. The first-order valence-corrected chi connectivity index (χ1v) is 7.90. The van der Waals surface area contributed by atoms with Crippen molar-refractivity contribution in [1.82, 2.24) is 0 Å². The molecule has 0 aliphatic heterocycles. The zero-order valence-corrected chi connectivity index (χ0v) is 11.7. The van der Waals surface area contributed by atoms with Crippen molar-refractivity contribution in [2.75, 3.05) is 0 Å². The van der Waals surface area contributed by atoms with Gasteiger partial charge in [-0.2, -0.15) is 0 Å². The molecule has 0 spiro atoms. The van der Waals surface area contributed by atoms with Crippen LogP contribution < -0.4 is 0 Å². The van der Waals surface area contributed by atoms with Gasteiger partial charge in [-0.3, -0.25) is 0 Å². The van der Waals surface area contributed by atoms with E-state index in [1.807, 2.05) is 0 Å². The molecule has 2 aliphatic carbocycles. The Hall–Kier alpha value is -0.260. The molecule has 2 saturated carbocycles. The van der Waals surface area contributed by atoms with E-state index in [0.29, 0.717) is 5.41 Å². The Morgan fingerprint density at radius 2 is 1.59 bits per heavy atom. The van der Waals surface area contributed by atoms with Crippen LogP contribution >= 0.6 is 0 Å². The molecule has 0 atom stereocenters. The van der Waals surface area contributed by atoms with Crippen molar-refractivity contribution in [3.05, 3.63) is 12.7 Å². The van der Waals surface area contributed by atoms with E-state index in [-0.39, 0.29) is 0 Å². The maximum atomic E-state index is 3.96. The van der Waals surface area contributed by atoms with Gasteiger partial charge in [-0.1, -0.05) is 51.5 Å². The molecule has 0 aromatic heterocycles. The van der Waals surface area contributed by atoms with Crippen molar-refractivity contribution >= 4 is 0 Å². The summed E-state index contributed by atoms with van der Waals surface area (Å²) < 4.78 is 0. The van der Waals surface area contributed by atoms with Crippen LogP contribution in [0.25, 0.3) is 0 Å². The van der Waals surface area contributed by atoms with Gasteiger partial charge in [0, 0.05) is 0 Å². The minimum atomic E-state index is 0.632. The van der Waals surface area contributed by atoms with Gasteiger partial charge in [0.15, 0.2) is 0 Å². The zero-order chi connectivity index (χ0) is 12.1. The highest BCUT2D eigenvalue weighted by atomic mass is 14.4. The number of rotatable bonds is 4. The lowest BCUT2D eigenvalue weighted by Gasteiger charge is -2.42. The predicted molar refractivity (Wildman–Crippen MR) is 76.1 cm³/mol. The summed E-state index contributed by atoms with van der Waals surface area (Å²) in [5.41, 5.74) is 0.632. The summed E-state index contributed by atoms with van der Waals surface area (Å²) in [4.78, 5) is 0. The molecule has 17 heavy (non-hydrogen) atoms. The molecule has 0 amide bonds. The Morgan fingerprint density at radius 1 is 1.00 bits per heavy atom. The van der Waals surface area contributed by atoms with E-state index in [1.54, 1.807) is 0 Å². The molecule has 0 aromatic carbocycles. The second-order valence-corrected chi connectivity index (χ2v) is 6.58. The van der Waals surface area contributed by atoms with Gasteiger partial charge in [-0.15, -0.1) is 6.58 Å². The topological polar surface area (TPSA) is 0 Å². The molecular weight excluding hydrogens is 204 g/mol. The lowest BCUT2D eigenvalue weighted by Crippen LogP contribution is -2.30. The van der Waals surface area contributed by atoms with Crippen LogP contribution in [-0.2, 0) is 0 Å². The van der Waals surface area contributed by atoms with Crippen molar-refractivity contribution in [1.29, 1.82) is 0 Å². The van der Waals surface area contributed by atoms with Crippen molar-refractivity contribution in [2.24, 2.45) is 17.3 Å². The largest absolute Gasteiger partial charge is 0.103 e. The summed E-state index contributed by atoms with van der Waals surface area (Å²) in [6.07, 6.45) is 18.3. The van der Waals surface area contributed by atoms with Crippen LogP contribution in [-0.4, -0.2) is 0 Å². The van der Waals surface area contributed by atoms with E-state index >= 15 is 0 Å². The van der Waals surface area contributed by atoms with Crippen LogP contribution in [0.1, 0.15) is 77.6 Å². The Morgan fingerprint density at radius 3 is 2.12 bits per heavy atom. The quantitative estimate of drug-likeness (QED) is 0.545. The molecule has 2 aliphatic rings. The average molecular weight is 234 g/mol.